The lowest BCUT2D eigenvalue weighted by Gasteiger charge is -2.14. The van der Waals surface area contributed by atoms with Crippen molar-refractivity contribution in [3.05, 3.63) is 84.4 Å². The number of esters is 1. The van der Waals surface area contributed by atoms with Crippen LogP contribution in [0.3, 0.4) is 0 Å². The van der Waals surface area contributed by atoms with E-state index in [9.17, 15) is 9.59 Å². The van der Waals surface area contributed by atoms with Crippen LogP contribution >= 0.6 is 0 Å². The molecule has 0 aliphatic carbocycles. The quantitative estimate of drug-likeness (QED) is 0.606. The summed E-state index contributed by atoms with van der Waals surface area (Å²) in [5.74, 6) is -0.219. The van der Waals surface area contributed by atoms with Crippen molar-refractivity contribution in [1.29, 1.82) is 0 Å². The second-order valence-corrected chi connectivity index (χ2v) is 6.59. The maximum Gasteiger partial charge on any atom is 0.311 e. The van der Waals surface area contributed by atoms with Crippen molar-refractivity contribution in [2.75, 3.05) is 12.4 Å². The van der Waals surface area contributed by atoms with Crippen LogP contribution in [0.1, 0.15) is 12.5 Å². The number of amides is 1. The van der Waals surface area contributed by atoms with Crippen LogP contribution in [0.15, 0.2) is 78.9 Å². The van der Waals surface area contributed by atoms with Gasteiger partial charge >= 0.3 is 5.97 Å². The van der Waals surface area contributed by atoms with Gasteiger partial charge in [-0.3, -0.25) is 9.59 Å². The molecule has 3 aromatic carbocycles. The minimum absolute atomic E-state index is 0.103. The van der Waals surface area contributed by atoms with E-state index in [1.165, 1.54) is 0 Å². The lowest BCUT2D eigenvalue weighted by Crippen LogP contribution is -2.30. The Hall–Kier alpha value is -3.60. The Morgan fingerprint density at radius 3 is 2.28 bits per heavy atom. The summed E-state index contributed by atoms with van der Waals surface area (Å²) in [5.41, 5.74) is 3.60. The van der Waals surface area contributed by atoms with Gasteiger partial charge in [0.05, 0.1) is 13.5 Å². The van der Waals surface area contributed by atoms with Crippen LogP contribution in [-0.4, -0.2) is 25.1 Å². The zero-order valence-corrected chi connectivity index (χ0v) is 16.4. The van der Waals surface area contributed by atoms with Crippen LogP contribution in [0.5, 0.6) is 5.75 Å². The predicted molar refractivity (Wildman–Crippen MR) is 113 cm³/mol. The van der Waals surface area contributed by atoms with Gasteiger partial charge in [0.2, 0.25) is 0 Å². The summed E-state index contributed by atoms with van der Waals surface area (Å²) < 4.78 is 10.4. The Balaban J connectivity index is 1.53. The molecular formula is C24H23NO4. The molecule has 0 bridgehead atoms. The molecule has 1 atom stereocenters. The molecular weight excluding hydrogens is 366 g/mol. The molecule has 0 spiro atoms. The number of hydrogen-bond donors (Lipinski definition) is 1. The molecule has 0 aromatic heterocycles. The zero-order valence-electron chi connectivity index (χ0n) is 16.4. The van der Waals surface area contributed by atoms with Gasteiger partial charge in [0.25, 0.3) is 5.91 Å². The topological polar surface area (TPSA) is 64.6 Å². The van der Waals surface area contributed by atoms with Crippen molar-refractivity contribution in [2.45, 2.75) is 19.4 Å². The van der Waals surface area contributed by atoms with E-state index < -0.39 is 18.0 Å². The first-order valence-electron chi connectivity index (χ1n) is 9.34. The molecule has 5 heteroatoms. The molecule has 1 amide bonds. The zero-order chi connectivity index (χ0) is 20.6. The van der Waals surface area contributed by atoms with Crippen LogP contribution in [0, 0.1) is 0 Å². The van der Waals surface area contributed by atoms with Gasteiger partial charge in [0.15, 0.2) is 6.10 Å². The largest absolute Gasteiger partial charge is 0.497 e. The summed E-state index contributed by atoms with van der Waals surface area (Å²) in [7, 11) is 1.55. The van der Waals surface area contributed by atoms with E-state index in [1.54, 1.807) is 38.3 Å². The third-order valence-electron chi connectivity index (χ3n) is 4.42. The minimum atomic E-state index is -0.905. The van der Waals surface area contributed by atoms with Gasteiger partial charge < -0.3 is 14.8 Å². The van der Waals surface area contributed by atoms with Crippen LogP contribution < -0.4 is 10.1 Å². The molecule has 0 aliphatic heterocycles. The van der Waals surface area contributed by atoms with Crippen molar-refractivity contribution in [1.82, 2.24) is 0 Å². The summed E-state index contributed by atoms with van der Waals surface area (Å²) in [6.45, 7) is 1.55. The first kappa shape index (κ1) is 20.1. The second-order valence-electron chi connectivity index (χ2n) is 6.59. The average Bonchev–Trinajstić information content (AvgIpc) is 2.75. The maximum absolute atomic E-state index is 12.3. The number of ether oxygens (including phenoxy) is 2. The monoisotopic (exact) mass is 389 g/mol. The van der Waals surface area contributed by atoms with Gasteiger partial charge in [0.1, 0.15) is 5.75 Å². The summed E-state index contributed by atoms with van der Waals surface area (Å²) in [6.07, 6.45) is -0.802. The molecule has 0 unspecified atom stereocenters. The highest BCUT2D eigenvalue weighted by Crippen LogP contribution is 2.20. The highest BCUT2D eigenvalue weighted by atomic mass is 16.5. The fraction of sp³-hybridized carbons (Fsp3) is 0.167. The number of carbonyl (C=O) groups is 2. The van der Waals surface area contributed by atoms with E-state index in [2.05, 4.69) is 5.32 Å². The smallest absolute Gasteiger partial charge is 0.311 e. The molecule has 1 N–H and O–H groups in total. The number of rotatable bonds is 7. The first-order valence-corrected chi connectivity index (χ1v) is 9.34. The Morgan fingerprint density at radius 1 is 0.897 bits per heavy atom. The normalized spacial score (nSPS) is 11.4. The van der Waals surface area contributed by atoms with E-state index in [0.29, 0.717) is 11.4 Å². The van der Waals surface area contributed by atoms with Gasteiger partial charge in [-0.2, -0.15) is 0 Å². The molecule has 29 heavy (non-hydrogen) atoms. The SMILES string of the molecule is COc1cccc(NC(=O)[C@@H](C)OC(=O)Cc2ccc(-c3ccccc3)cc2)c1. The van der Waals surface area contributed by atoms with E-state index in [1.807, 2.05) is 54.6 Å². The van der Waals surface area contributed by atoms with Crippen LogP contribution in [0.4, 0.5) is 5.69 Å². The fourth-order valence-electron chi connectivity index (χ4n) is 2.85. The van der Waals surface area contributed by atoms with Crippen molar-refractivity contribution in [3.8, 4) is 16.9 Å². The molecule has 0 aliphatic rings. The molecule has 148 valence electrons. The number of anilines is 1. The van der Waals surface area contributed by atoms with Crippen LogP contribution in [0.2, 0.25) is 0 Å². The maximum atomic E-state index is 12.3. The third-order valence-corrected chi connectivity index (χ3v) is 4.42. The van der Waals surface area contributed by atoms with Gasteiger partial charge in [-0.15, -0.1) is 0 Å². The lowest BCUT2D eigenvalue weighted by atomic mass is 10.0. The Kier molecular flexibility index (Phi) is 6.63. The van der Waals surface area contributed by atoms with E-state index in [0.717, 1.165) is 16.7 Å². The Labute approximate surface area is 170 Å². The molecule has 0 radical (unpaired) electrons. The molecule has 3 aromatic rings. The van der Waals surface area contributed by atoms with Gasteiger partial charge in [-0.25, -0.2) is 0 Å². The molecule has 3 rings (SSSR count). The van der Waals surface area contributed by atoms with E-state index >= 15 is 0 Å². The van der Waals surface area contributed by atoms with Gasteiger partial charge in [0, 0.05) is 11.8 Å². The third kappa shape index (κ3) is 5.69. The second kappa shape index (κ2) is 9.55. The summed E-state index contributed by atoms with van der Waals surface area (Å²) in [4.78, 5) is 24.5. The summed E-state index contributed by atoms with van der Waals surface area (Å²) in [5, 5.41) is 2.72. The van der Waals surface area contributed by atoms with Gasteiger partial charge in [-0.1, -0.05) is 60.7 Å². The minimum Gasteiger partial charge on any atom is -0.497 e. The van der Waals surface area contributed by atoms with Crippen LogP contribution in [0.25, 0.3) is 11.1 Å². The lowest BCUT2D eigenvalue weighted by molar-refractivity contribution is -0.152. The Bertz CT molecular complexity index is 968. The summed E-state index contributed by atoms with van der Waals surface area (Å²) >= 11 is 0. The van der Waals surface area contributed by atoms with Crippen molar-refractivity contribution in [2.24, 2.45) is 0 Å². The first-order chi connectivity index (χ1) is 14.0. The average molecular weight is 389 g/mol. The number of carbonyl (C=O) groups excluding carboxylic acids is 2. The molecule has 0 saturated carbocycles. The predicted octanol–water partition coefficient (Wildman–Crippen LogP) is 4.48. The fourth-order valence-corrected chi connectivity index (χ4v) is 2.85. The molecule has 0 saturated heterocycles. The molecule has 0 fully saturated rings. The van der Waals surface area contributed by atoms with Crippen LogP contribution in [-0.2, 0) is 20.7 Å². The van der Waals surface area contributed by atoms with E-state index in [4.69, 9.17) is 9.47 Å². The standard InChI is InChI=1S/C24H23NO4/c1-17(24(27)25-21-9-6-10-22(16-21)28-2)29-23(26)15-18-11-13-20(14-12-18)19-7-4-3-5-8-19/h3-14,16-17H,15H2,1-2H3,(H,25,27)/t17-/m1/s1. The highest BCUT2D eigenvalue weighted by molar-refractivity contribution is 5.95. The van der Waals surface area contributed by atoms with E-state index in [-0.39, 0.29) is 6.42 Å². The van der Waals surface area contributed by atoms with Crippen molar-refractivity contribution < 1.29 is 19.1 Å². The highest BCUT2D eigenvalue weighted by Gasteiger charge is 2.18. The molecule has 5 nitrogen and oxygen atoms in total. The van der Waals surface area contributed by atoms with Crippen molar-refractivity contribution in [3.63, 3.8) is 0 Å². The Morgan fingerprint density at radius 2 is 1.59 bits per heavy atom. The number of benzene rings is 3. The van der Waals surface area contributed by atoms with Gasteiger partial charge in [-0.05, 0) is 35.7 Å². The number of hydrogen-bond acceptors (Lipinski definition) is 4. The molecule has 0 heterocycles. The summed E-state index contributed by atoms with van der Waals surface area (Å²) in [6, 6.07) is 24.7. The number of nitrogens with one attached hydrogen (secondary N) is 1. The number of methoxy groups -OCH3 is 1. The van der Waals surface area contributed by atoms with Crippen molar-refractivity contribution >= 4 is 17.6 Å².